The van der Waals surface area contributed by atoms with E-state index in [1.807, 2.05) is 87.5 Å². The van der Waals surface area contributed by atoms with Crippen molar-refractivity contribution in [2.24, 2.45) is 28.3 Å². The zero-order valence-corrected chi connectivity index (χ0v) is 36.1. The molecule has 0 saturated heterocycles. The highest BCUT2D eigenvalue weighted by molar-refractivity contribution is 6.03. The molecule has 7 rings (SSSR count). The van der Waals surface area contributed by atoms with Crippen molar-refractivity contribution in [3.63, 3.8) is 0 Å². The molecule has 1 fully saturated rings. The molecule has 1 saturated carbocycles. The van der Waals surface area contributed by atoms with Crippen LogP contribution in [0.2, 0.25) is 0 Å². The Balaban J connectivity index is 1.39. The molecule has 61 heavy (non-hydrogen) atoms. The number of carbonyl (C=O) groups is 1. The number of fused-ring (bicyclic) bond motifs is 3. The first kappa shape index (κ1) is 43.9. The Hall–Kier alpha value is -5.16. The van der Waals surface area contributed by atoms with E-state index in [2.05, 4.69) is 36.9 Å². The zero-order chi connectivity index (χ0) is 43.0. The third-order valence-corrected chi connectivity index (χ3v) is 12.2. The molecule has 324 valence electrons. The number of carbonyl (C=O) groups excluding carboxylic acids is 1. The summed E-state index contributed by atoms with van der Waals surface area (Å²) >= 11 is 0. The van der Waals surface area contributed by atoms with Gasteiger partial charge in [-0.1, -0.05) is 112 Å². The summed E-state index contributed by atoms with van der Waals surface area (Å²) in [6.07, 6.45) is 8.55. The van der Waals surface area contributed by atoms with Crippen LogP contribution in [0.5, 0.6) is 17.2 Å². The van der Waals surface area contributed by atoms with Gasteiger partial charge in [-0.15, -0.1) is 6.58 Å². The van der Waals surface area contributed by atoms with Crippen LogP contribution in [0.15, 0.2) is 120 Å². The van der Waals surface area contributed by atoms with E-state index in [-0.39, 0.29) is 62.6 Å². The van der Waals surface area contributed by atoms with Crippen LogP contribution in [-0.4, -0.2) is 72.2 Å². The third-order valence-electron chi connectivity index (χ3n) is 12.2. The van der Waals surface area contributed by atoms with Gasteiger partial charge in [-0.05, 0) is 95.2 Å². The van der Waals surface area contributed by atoms with Crippen molar-refractivity contribution >= 4 is 22.6 Å². The molecular weight excluding hydrogens is 769 g/mol. The Kier molecular flexibility index (Phi) is 14.2. The predicted molar refractivity (Wildman–Crippen MR) is 239 cm³/mol. The Bertz CT molecular complexity index is 2180. The number of likely N-dealkylation sites (N-methyl/N-ethyl adjacent to an activating group) is 1. The first-order chi connectivity index (χ1) is 29.5. The van der Waals surface area contributed by atoms with Crippen LogP contribution in [0.4, 0.5) is 4.79 Å². The van der Waals surface area contributed by atoms with Gasteiger partial charge in [0.25, 0.3) is 0 Å². The number of allylic oxidation sites excluding steroid dienone is 1. The molecule has 1 amide bonds. The summed E-state index contributed by atoms with van der Waals surface area (Å²) in [5, 5.41) is 27.0. The molecule has 3 aliphatic rings. The summed E-state index contributed by atoms with van der Waals surface area (Å²) in [5.41, 5.74) is 3.41. The van der Waals surface area contributed by atoms with Gasteiger partial charge in [-0.3, -0.25) is 0 Å². The van der Waals surface area contributed by atoms with E-state index in [0.29, 0.717) is 24.3 Å². The Morgan fingerprint density at radius 2 is 1.62 bits per heavy atom. The smallest absolute Gasteiger partial charge is 0.410 e. The van der Waals surface area contributed by atoms with Gasteiger partial charge in [0.05, 0.1) is 24.8 Å². The number of hydrogen-bond acceptors (Lipinski definition) is 9. The minimum absolute atomic E-state index is 0.0765. The number of amides is 1. The highest BCUT2D eigenvalue weighted by Crippen LogP contribution is 2.62. The number of rotatable bonds is 18. The van der Waals surface area contributed by atoms with Crippen molar-refractivity contribution in [2.45, 2.75) is 90.1 Å². The van der Waals surface area contributed by atoms with Crippen LogP contribution >= 0.6 is 0 Å². The van der Waals surface area contributed by atoms with Gasteiger partial charge in [0.15, 0.2) is 0 Å². The molecule has 2 aliphatic carbocycles. The second-order valence-corrected chi connectivity index (χ2v) is 17.9. The number of nitrogens with zero attached hydrogens (tertiary/aromatic N) is 2. The van der Waals surface area contributed by atoms with Crippen LogP contribution < -0.4 is 9.47 Å². The van der Waals surface area contributed by atoms with Crippen LogP contribution in [0.3, 0.4) is 0 Å². The minimum Gasteiger partial charge on any atom is -0.459 e. The van der Waals surface area contributed by atoms with E-state index in [0.717, 1.165) is 64.6 Å². The first-order valence-corrected chi connectivity index (χ1v) is 21.9. The maximum atomic E-state index is 14.1. The van der Waals surface area contributed by atoms with Gasteiger partial charge in [0, 0.05) is 38.2 Å². The average Bonchev–Trinajstić information content (AvgIpc) is 3.26. The van der Waals surface area contributed by atoms with Crippen LogP contribution in [-0.2, 0) is 20.9 Å². The summed E-state index contributed by atoms with van der Waals surface area (Å²) in [5.74, 6) is 0.218. The highest BCUT2D eigenvalue weighted by atomic mass is 16.7. The minimum atomic E-state index is -1.38. The monoisotopic (exact) mass is 830 g/mol. The van der Waals surface area contributed by atoms with Gasteiger partial charge in [0.1, 0.15) is 29.9 Å². The van der Waals surface area contributed by atoms with Gasteiger partial charge >= 0.3 is 6.09 Å². The first-order valence-electron chi connectivity index (χ1n) is 21.9. The normalized spacial score (nSPS) is 23.6. The van der Waals surface area contributed by atoms with Crippen molar-refractivity contribution in [2.75, 3.05) is 33.5 Å². The lowest BCUT2D eigenvalue weighted by molar-refractivity contribution is -0.253. The summed E-state index contributed by atoms with van der Waals surface area (Å²) in [6, 6.07) is 29.6. The molecule has 10 nitrogen and oxygen atoms in total. The maximum absolute atomic E-state index is 14.1. The standard InChI is InChI=1S/C51H62N2O8/c1-6-28-58-51-46(53(5)49(56)57-34-50(2,3)4)32-44(52-59-33-35-16-8-7-9-17-35)42-30-38(20-12-14-26-54)41(21-13-15-27-55)47(48(42)51)43-31-40(24-25-45(43)61-51)60-39-23-22-36-18-10-11-19-37(36)29-39/h6-11,16-19,22-25,29-31,38,41,46-48,54-55H,1,12-15,20-21,26-28,32-34H2,2-5H3. The fourth-order valence-corrected chi connectivity index (χ4v) is 9.42. The fourth-order valence-electron chi connectivity index (χ4n) is 9.42. The van der Waals surface area contributed by atoms with Gasteiger partial charge in [-0.2, -0.15) is 0 Å². The fraction of sp³-hybridized carbons (Fsp3) is 0.451. The predicted octanol–water partition coefficient (Wildman–Crippen LogP) is 10.6. The van der Waals surface area contributed by atoms with Crippen molar-refractivity contribution < 1.29 is 38.8 Å². The van der Waals surface area contributed by atoms with Crippen molar-refractivity contribution in [3.05, 3.63) is 126 Å². The van der Waals surface area contributed by atoms with Crippen molar-refractivity contribution in [1.29, 1.82) is 0 Å². The summed E-state index contributed by atoms with van der Waals surface area (Å²) in [6.45, 7) is 11.0. The van der Waals surface area contributed by atoms with Gasteiger partial charge in [-0.25, -0.2) is 4.79 Å². The molecular formula is C51H62N2O8. The number of unbranched alkanes of at least 4 members (excludes halogenated alkanes) is 2. The van der Waals surface area contributed by atoms with Crippen LogP contribution in [0.1, 0.15) is 82.8 Å². The van der Waals surface area contributed by atoms with Crippen molar-refractivity contribution in [1.82, 2.24) is 4.90 Å². The molecule has 0 radical (unpaired) electrons. The molecule has 0 bridgehead atoms. The number of aliphatic hydroxyl groups is 2. The van der Waals surface area contributed by atoms with E-state index in [4.69, 9.17) is 28.9 Å². The molecule has 2 N–H and O–H groups in total. The SMILES string of the molecule is C=CCOC12Oc3ccc(Oc4ccc5ccccc5c4)cc3C3C(CCCCO)C(CCCCO)C=C(C(=NOCc4ccccc4)CC1N(C)C(=O)OCC(C)(C)C)C32. The van der Waals surface area contributed by atoms with E-state index in [1.165, 1.54) is 0 Å². The van der Waals surface area contributed by atoms with E-state index >= 15 is 0 Å². The largest absolute Gasteiger partial charge is 0.459 e. The summed E-state index contributed by atoms with van der Waals surface area (Å²) in [4.78, 5) is 21.9. The Labute approximate surface area is 360 Å². The Morgan fingerprint density at radius 1 is 0.918 bits per heavy atom. The molecule has 0 spiro atoms. The van der Waals surface area contributed by atoms with Gasteiger partial charge in [0.2, 0.25) is 5.79 Å². The number of hydrogen-bond donors (Lipinski definition) is 2. The lowest BCUT2D eigenvalue weighted by Gasteiger charge is -2.59. The lowest BCUT2D eigenvalue weighted by atomic mass is 9.55. The van der Waals surface area contributed by atoms with Gasteiger partial charge < -0.3 is 38.9 Å². The molecule has 1 aliphatic heterocycles. The van der Waals surface area contributed by atoms with E-state index in [1.54, 1.807) is 18.0 Å². The highest BCUT2D eigenvalue weighted by Gasteiger charge is 2.65. The second-order valence-electron chi connectivity index (χ2n) is 17.9. The number of oxime groups is 1. The number of ether oxygens (including phenoxy) is 4. The average molecular weight is 831 g/mol. The quantitative estimate of drug-likeness (QED) is 0.0578. The third kappa shape index (κ3) is 9.98. The van der Waals surface area contributed by atoms with Crippen molar-refractivity contribution in [3.8, 4) is 17.2 Å². The second kappa shape index (κ2) is 19.7. The number of benzene rings is 4. The molecule has 6 unspecified atom stereocenters. The van der Waals surface area contributed by atoms with E-state index < -0.39 is 23.8 Å². The lowest BCUT2D eigenvalue weighted by Crippen LogP contribution is -2.69. The van der Waals surface area contributed by atoms with Crippen LogP contribution in [0, 0.1) is 23.2 Å². The molecule has 6 atom stereocenters. The molecule has 1 heterocycles. The Morgan fingerprint density at radius 3 is 2.36 bits per heavy atom. The summed E-state index contributed by atoms with van der Waals surface area (Å²) < 4.78 is 26.9. The molecule has 10 heteroatoms. The summed E-state index contributed by atoms with van der Waals surface area (Å²) in [7, 11) is 1.75. The topological polar surface area (TPSA) is 119 Å². The van der Waals surface area contributed by atoms with E-state index in [9.17, 15) is 15.0 Å². The number of aliphatic hydroxyl groups excluding tert-OH is 2. The van der Waals surface area contributed by atoms with Crippen LogP contribution in [0.25, 0.3) is 10.8 Å². The maximum Gasteiger partial charge on any atom is 0.410 e. The molecule has 0 aromatic heterocycles. The molecule has 4 aromatic carbocycles. The zero-order valence-electron chi connectivity index (χ0n) is 36.1. The molecule has 4 aromatic rings.